The first-order valence-corrected chi connectivity index (χ1v) is 7.15. The molecule has 2 aliphatic rings. The van der Waals surface area contributed by atoms with Gasteiger partial charge in [0.15, 0.2) is 11.5 Å². The van der Waals surface area contributed by atoms with Crippen LogP contribution in [0.25, 0.3) is 0 Å². The maximum atomic E-state index is 13.1. The lowest BCUT2D eigenvalue weighted by Gasteiger charge is -2.46. The van der Waals surface area contributed by atoms with Gasteiger partial charge in [-0.05, 0) is 13.8 Å². The Labute approximate surface area is 125 Å². The molecule has 1 saturated heterocycles. The number of aromatic nitrogens is 2. The second-order valence-corrected chi connectivity index (χ2v) is 5.96. The van der Waals surface area contributed by atoms with Crippen LogP contribution in [0.2, 0.25) is 0 Å². The van der Waals surface area contributed by atoms with Crippen LogP contribution in [0.5, 0.6) is 0 Å². The number of piperazine rings is 1. The highest BCUT2D eigenvalue weighted by molar-refractivity contribution is 6.05. The molecule has 0 aromatic carbocycles. The number of likely N-dealkylation sites (N-methyl/N-ethyl adjacent to an activating group) is 1. The van der Waals surface area contributed by atoms with Gasteiger partial charge in [-0.25, -0.2) is 0 Å². The standard InChI is InChI=1S/C13H18F3N5O/c1-7(2)20-4-5-21-8(6-20)12(22)19(3)9-10(13(14,15)16)17-18-11(9)21/h7-8H,4-6H2,1-3H3,(H,17,18). The van der Waals surface area contributed by atoms with Crippen molar-refractivity contribution >= 4 is 17.4 Å². The van der Waals surface area contributed by atoms with E-state index >= 15 is 0 Å². The number of halogens is 3. The number of fused-ring (bicyclic) bond motifs is 3. The lowest BCUT2D eigenvalue weighted by Crippen LogP contribution is -2.63. The summed E-state index contributed by atoms with van der Waals surface area (Å²) in [6.07, 6.45) is -4.57. The van der Waals surface area contributed by atoms with E-state index in [1.165, 1.54) is 7.05 Å². The molecule has 9 heteroatoms. The van der Waals surface area contributed by atoms with Gasteiger partial charge in [0.1, 0.15) is 11.7 Å². The van der Waals surface area contributed by atoms with Gasteiger partial charge < -0.3 is 9.80 Å². The van der Waals surface area contributed by atoms with Crippen LogP contribution in [0.15, 0.2) is 0 Å². The predicted octanol–water partition coefficient (Wildman–Crippen LogP) is 1.30. The van der Waals surface area contributed by atoms with Crippen LogP contribution >= 0.6 is 0 Å². The van der Waals surface area contributed by atoms with E-state index in [1.54, 1.807) is 4.90 Å². The zero-order valence-electron chi connectivity index (χ0n) is 12.6. The van der Waals surface area contributed by atoms with E-state index in [0.717, 1.165) is 4.90 Å². The van der Waals surface area contributed by atoms with E-state index in [0.29, 0.717) is 19.6 Å². The first-order chi connectivity index (χ1) is 10.2. The average molecular weight is 317 g/mol. The SMILES string of the molecule is CC(C)N1CCN2c3n[nH]c(C(F)(F)F)c3N(C)C(=O)C2C1. The Kier molecular flexibility index (Phi) is 3.35. The minimum Gasteiger partial charge on any atom is -0.339 e. The van der Waals surface area contributed by atoms with Crippen molar-refractivity contribution in [2.75, 3.05) is 36.5 Å². The van der Waals surface area contributed by atoms with Crippen molar-refractivity contribution in [3.05, 3.63) is 5.69 Å². The van der Waals surface area contributed by atoms with Crippen LogP contribution in [-0.4, -0.2) is 59.8 Å². The number of anilines is 2. The van der Waals surface area contributed by atoms with Gasteiger partial charge in [-0.3, -0.25) is 14.8 Å². The summed E-state index contributed by atoms with van der Waals surface area (Å²) >= 11 is 0. The molecule has 1 unspecified atom stereocenters. The fourth-order valence-electron chi connectivity index (χ4n) is 3.11. The van der Waals surface area contributed by atoms with E-state index in [9.17, 15) is 18.0 Å². The molecule has 0 spiro atoms. The molecular formula is C13H18F3N5O. The highest BCUT2D eigenvalue weighted by atomic mass is 19.4. The zero-order chi connectivity index (χ0) is 16.2. The minimum atomic E-state index is -4.57. The lowest BCUT2D eigenvalue weighted by molar-refractivity contribution is -0.140. The van der Waals surface area contributed by atoms with Crippen molar-refractivity contribution < 1.29 is 18.0 Å². The van der Waals surface area contributed by atoms with Crippen molar-refractivity contribution in [3.63, 3.8) is 0 Å². The molecule has 2 aliphatic heterocycles. The summed E-state index contributed by atoms with van der Waals surface area (Å²) in [5.74, 6) is -0.118. The largest absolute Gasteiger partial charge is 0.434 e. The number of carbonyl (C=O) groups excluding carboxylic acids is 1. The van der Waals surface area contributed by atoms with Gasteiger partial charge >= 0.3 is 6.18 Å². The first-order valence-electron chi connectivity index (χ1n) is 7.15. The molecule has 1 N–H and O–H groups in total. The number of nitrogens with zero attached hydrogens (tertiary/aromatic N) is 4. The fourth-order valence-corrected chi connectivity index (χ4v) is 3.11. The van der Waals surface area contributed by atoms with Crippen LogP contribution in [0.4, 0.5) is 24.7 Å². The summed E-state index contributed by atoms with van der Waals surface area (Å²) in [5.41, 5.74) is -1.14. The Morgan fingerprint density at radius 1 is 1.32 bits per heavy atom. The van der Waals surface area contributed by atoms with E-state index in [1.807, 2.05) is 18.9 Å². The Morgan fingerprint density at radius 3 is 2.59 bits per heavy atom. The molecular weight excluding hydrogens is 299 g/mol. The Morgan fingerprint density at radius 2 is 2.00 bits per heavy atom. The van der Waals surface area contributed by atoms with Gasteiger partial charge in [0.05, 0.1) is 0 Å². The van der Waals surface area contributed by atoms with Crippen molar-refractivity contribution in [2.45, 2.75) is 32.1 Å². The third-order valence-electron chi connectivity index (χ3n) is 4.37. The molecule has 1 amide bonds. The third-order valence-corrected chi connectivity index (χ3v) is 4.37. The molecule has 1 aromatic heterocycles. The molecule has 6 nitrogen and oxygen atoms in total. The van der Waals surface area contributed by atoms with Gasteiger partial charge in [-0.1, -0.05) is 0 Å². The molecule has 3 heterocycles. The van der Waals surface area contributed by atoms with Crippen LogP contribution in [-0.2, 0) is 11.0 Å². The Hall–Kier alpha value is -1.77. The van der Waals surface area contributed by atoms with E-state index in [4.69, 9.17) is 0 Å². The highest BCUT2D eigenvalue weighted by Crippen LogP contribution is 2.43. The van der Waals surface area contributed by atoms with Crippen molar-refractivity contribution in [2.24, 2.45) is 0 Å². The number of amides is 1. The van der Waals surface area contributed by atoms with Crippen molar-refractivity contribution in [1.29, 1.82) is 0 Å². The summed E-state index contributed by atoms with van der Waals surface area (Å²) in [7, 11) is 1.37. The molecule has 1 aromatic rings. The molecule has 22 heavy (non-hydrogen) atoms. The van der Waals surface area contributed by atoms with Gasteiger partial charge in [-0.15, -0.1) is 0 Å². The number of alkyl halides is 3. The van der Waals surface area contributed by atoms with Crippen molar-refractivity contribution in [3.8, 4) is 0 Å². The van der Waals surface area contributed by atoms with Crippen molar-refractivity contribution in [1.82, 2.24) is 15.1 Å². The Balaban J connectivity index is 2.01. The van der Waals surface area contributed by atoms with Crippen LogP contribution in [0.3, 0.4) is 0 Å². The predicted molar refractivity (Wildman–Crippen MR) is 74.8 cm³/mol. The maximum absolute atomic E-state index is 13.1. The second-order valence-electron chi connectivity index (χ2n) is 5.96. The van der Waals surface area contributed by atoms with Crippen LogP contribution in [0, 0.1) is 0 Å². The monoisotopic (exact) mass is 317 g/mol. The number of hydrogen-bond donors (Lipinski definition) is 1. The summed E-state index contributed by atoms with van der Waals surface area (Å²) in [6, 6.07) is -0.204. The number of aromatic amines is 1. The highest BCUT2D eigenvalue weighted by Gasteiger charge is 2.47. The maximum Gasteiger partial charge on any atom is 0.434 e. The molecule has 1 atom stereocenters. The summed E-state index contributed by atoms with van der Waals surface area (Å²) in [6.45, 7) is 5.74. The first kappa shape index (κ1) is 15.1. The van der Waals surface area contributed by atoms with Crippen LogP contribution < -0.4 is 9.80 Å². The molecule has 0 radical (unpaired) electrons. The Bertz CT molecular complexity index is 597. The molecule has 0 saturated carbocycles. The van der Waals surface area contributed by atoms with E-state index < -0.39 is 17.9 Å². The summed E-state index contributed by atoms with van der Waals surface area (Å²) in [5, 5.41) is 5.88. The number of carbonyl (C=O) groups is 1. The third kappa shape index (κ3) is 2.15. The zero-order valence-corrected chi connectivity index (χ0v) is 12.6. The average Bonchev–Trinajstić information content (AvgIpc) is 2.89. The van der Waals surface area contributed by atoms with Gasteiger partial charge in [-0.2, -0.15) is 18.3 Å². The van der Waals surface area contributed by atoms with Gasteiger partial charge in [0.2, 0.25) is 0 Å². The summed E-state index contributed by atoms with van der Waals surface area (Å²) < 4.78 is 39.2. The fraction of sp³-hybridized carbons (Fsp3) is 0.692. The number of nitrogens with one attached hydrogen (secondary N) is 1. The minimum absolute atomic E-state index is 0.174. The molecule has 0 aliphatic carbocycles. The quantitative estimate of drug-likeness (QED) is 0.848. The second kappa shape index (κ2) is 4.87. The molecule has 122 valence electrons. The number of hydrogen-bond acceptors (Lipinski definition) is 4. The number of H-pyrrole nitrogens is 1. The smallest absolute Gasteiger partial charge is 0.339 e. The van der Waals surface area contributed by atoms with E-state index in [-0.39, 0.29) is 23.5 Å². The van der Waals surface area contributed by atoms with Crippen LogP contribution in [0.1, 0.15) is 19.5 Å². The normalized spacial score (nSPS) is 23.0. The molecule has 3 rings (SSSR count). The summed E-state index contributed by atoms with van der Waals surface area (Å²) in [4.78, 5) is 17.4. The van der Waals surface area contributed by atoms with E-state index in [2.05, 4.69) is 10.00 Å². The van der Waals surface area contributed by atoms with Gasteiger partial charge in [0, 0.05) is 32.7 Å². The molecule has 0 bridgehead atoms. The molecule has 1 fully saturated rings. The van der Waals surface area contributed by atoms with Gasteiger partial charge in [0.25, 0.3) is 5.91 Å². The lowest BCUT2D eigenvalue weighted by atomic mass is 10.0. The number of rotatable bonds is 1. The topological polar surface area (TPSA) is 55.5 Å².